The van der Waals surface area contributed by atoms with Gasteiger partial charge in [0, 0.05) is 0 Å². The summed E-state index contributed by atoms with van der Waals surface area (Å²) in [4.78, 5) is 2.38. The monoisotopic (exact) mass is 314 g/mol. The number of benzene rings is 1. The van der Waals surface area contributed by atoms with Crippen molar-refractivity contribution in [3.8, 4) is 0 Å². The molecule has 1 aromatic carbocycles. The third kappa shape index (κ3) is 4.71. The molecule has 1 aromatic rings. The third-order valence-corrected chi connectivity index (χ3v) is 4.44. The van der Waals surface area contributed by atoms with Crippen molar-refractivity contribution >= 4 is 0 Å². The number of nitrogens with zero attached hydrogens (tertiary/aromatic N) is 1. The van der Waals surface area contributed by atoms with Gasteiger partial charge in [-0.2, -0.15) is 13.2 Å². The second-order valence-electron chi connectivity index (χ2n) is 6.01. The molecule has 0 atom stereocenters. The van der Waals surface area contributed by atoms with Crippen LogP contribution in [0.2, 0.25) is 0 Å². The summed E-state index contributed by atoms with van der Waals surface area (Å²) in [6.07, 6.45) is -0.322. The fraction of sp³-hybridized carbons (Fsp3) is 0.647. The predicted octanol–water partition coefficient (Wildman–Crippen LogP) is 3.88. The largest absolute Gasteiger partial charge is 0.416 e. The van der Waals surface area contributed by atoms with E-state index in [1.807, 2.05) is 7.05 Å². The lowest BCUT2D eigenvalue weighted by atomic mass is 9.86. The first kappa shape index (κ1) is 17.3. The van der Waals surface area contributed by atoms with E-state index in [-0.39, 0.29) is 5.92 Å². The molecule has 1 aliphatic rings. The zero-order valence-electron chi connectivity index (χ0n) is 13.1. The third-order valence-electron chi connectivity index (χ3n) is 4.44. The highest BCUT2D eigenvalue weighted by atomic mass is 19.4. The van der Waals surface area contributed by atoms with Gasteiger partial charge in [0.05, 0.1) is 5.56 Å². The van der Waals surface area contributed by atoms with Crippen LogP contribution < -0.4 is 5.32 Å². The van der Waals surface area contributed by atoms with Gasteiger partial charge in [-0.1, -0.05) is 18.2 Å². The molecule has 0 aromatic heterocycles. The molecule has 0 spiro atoms. The average molecular weight is 314 g/mol. The van der Waals surface area contributed by atoms with Gasteiger partial charge in [-0.25, -0.2) is 0 Å². The van der Waals surface area contributed by atoms with Gasteiger partial charge >= 0.3 is 6.18 Å². The Labute approximate surface area is 130 Å². The summed E-state index contributed by atoms with van der Waals surface area (Å²) in [5, 5.41) is 3.13. The molecule has 0 saturated carbocycles. The van der Waals surface area contributed by atoms with Crippen molar-refractivity contribution in [3.05, 3.63) is 35.4 Å². The van der Waals surface area contributed by atoms with E-state index in [1.54, 1.807) is 12.1 Å². The molecule has 1 aliphatic heterocycles. The Hall–Kier alpha value is -1.07. The highest BCUT2D eigenvalue weighted by Gasteiger charge is 2.35. The molecule has 0 radical (unpaired) electrons. The minimum absolute atomic E-state index is 0.0337. The average Bonchev–Trinajstić information content (AvgIpc) is 2.51. The van der Waals surface area contributed by atoms with Crippen molar-refractivity contribution in [2.75, 3.05) is 33.2 Å². The van der Waals surface area contributed by atoms with Crippen LogP contribution in [0.15, 0.2) is 24.3 Å². The van der Waals surface area contributed by atoms with Gasteiger partial charge in [-0.15, -0.1) is 0 Å². The van der Waals surface area contributed by atoms with E-state index in [2.05, 4.69) is 10.2 Å². The molecule has 0 aliphatic carbocycles. The molecule has 1 N–H and O–H groups in total. The Kier molecular flexibility index (Phi) is 6.26. The normalized spacial score (nSPS) is 17.8. The SMILES string of the molecule is CNCCCCN1CCC(c2ccccc2C(F)(F)F)CC1. The first-order chi connectivity index (χ1) is 10.5. The fourth-order valence-corrected chi connectivity index (χ4v) is 3.22. The van der Waals surface area contributed by atoms with E-state index in [0.717, 1.165) is 51.9 Å². The number of piperidine rings is 1. The van der Waals surface area contributed by atoms with Crippen LogP contribution in [0.3, 0.4) is 0 Å². The molecule has 2 nitrogen and oxygen atoms in total. The molecule has 124 valence electrons. The number of alkyl halides is 3. The fourth-order valence-electron chi connectivity index (χ4n) is 3.22. The lowest BCUT2D eigenvalue weighted by Crippen LogP contribution is -2.34. The van der Waals surface area contributed by atoms with E-state index in [4.69, 9.17) is 0 Å². The Morgan fingerprint density at radius 1 is 1.14 bits per heavy atom. The molecule has 1 heterocycles. The van der Waals surface area contributed by atoms with Gasteiger partial charge < -0.3 is 10.2 Å². The maximum absolute atomic E-state index is 13.1. The quantitative estimate of drug-likeness (QED) is 0.802. The topological polar surface area (TPSA) is 15.3 Å². The first-order valence-electron chi connectivity index (χ1n) is 8.05. The lowest BCUT2D eigenvalue weighted by molar-refractivity contribution is -0.138. The van der Waals surface area contributed by atoms with Crippen LogP contribution in [0.5, 0.6) is 0 Å². The Morgan fingerprint density at radius 3 is 2.45 bits per heavy atom. The number of likely N-dealkylation sites (tertiary alicyclic amines) is 1. The summed E-state index contributed by atoms with van der Waals surface area (Å²) < 4.78 is 39.3. The van der Waals surface area contributed by atoms with Crippen molar-refractivity contribution < 1.29 is 13.2 Å². The smallest absolute Gasteiger partial charge is 0.320 e. The molecule has 22 heavy (non-hydrogen) atoms. The molecule has 0 bridgehead atoms. The van der Waals surface area contributed by atoms with Crippen LogP contribution in [0, 0.1) is 0 Å². The van der Waals surface area contributed by atoms with E-state index in [0.29, 0.717) is 5.56 Å². The summed E-state index contributed by atoms with van der Waals surface area (Å²) in [5.74, 6) is 0.0337. The van der Waals surface area contributed by atoms with Crippen LogP contribution in [0.1, 0.15) is 42.7 Å². The maximum Gasteiger partial charge on any atom is 0.416 e. The van der Waals surface area contributed by atoms with Gasteiger partial charge in [0.25, 0.3) is 0 Å². The summed E-state index contributed by atoms with van der Waals surface area (Å²) >= 11 is 0. The molecular formula is C17H25F3N2. The molecule has 0 amide bonds. The zero-order chi connectivity index (χ0) is 16.0. The highest BCUT2D eigenvalue weighted by molar-refractivity contribution is 5.33. The first-order valence-corrected chi connectivity index (χ1v) is 8.05. The van der Waals surface area contributed by atoms with E-state index >= 15 is 0 Å². The number of hydrogen-bond donors (Lipinski definition) is 1. The zero-order valence-corrected chi connectivity index (χ0v) is 13.1. The second-order valence-corrected chi connectivity index (χ2v) is 6.01. The minimum atomic E-state index is -4.25. The van der Waals surface area contributed by atoms with Crippen LogP contribution >= 0.6 is 0 Å². The van der Waals surface area contributed by atoms with Crippen LogP contribution in [-0.2, 0) is 6.18 Å². The predicted molar refractivity (Wildman–Crippen MR) is 83.0 cm³/mol. The molecular weight excluding hydrogens is 289 g/mol. The molecule has 2 rings (SSSR count). The molecule has 1 saturated heterocycles. The van der Waals surface area contributed by atoms with Crippen LogP contribution in [-0.4, -0.2) is 38.1 Å². The van der Waals surface area contributed by atoms with E-state index < -0.39 is 11.7 Å². The number of hydrogen-bond acceptors (Lipinski definition) is 2. The number of rotatable bonds is 6. The number of unbranched alkanes of at least 4 members (excludes halogenated alkanes) is 1. The summed E-state index contributed by atoms with van der Waals surface area (Å²) in [5.41, 5.74) is 0.0207. The molecule has 1 fully saturated rings. The summed E-state index contributed by atoms with van der Waals surface area (Å²) in [6, 6.07) is 6.05. The van der Waals surface area contributed by atoms with Crippen molar-refractivity contribution in [1.82, 2.24) is 10.2 Å². The van der Waals surface area contributed by atoms with Gasteiger partial charge in [0.2, 0.25) is 0 Å². The maximum atomic E-state index is 13.1. The van der Waals surface area contributed by atoms with Crippen molar-refractivity contribution in [3.63, 3.8) is 0 Å². The summed E-state index contributed by atoms with van der Waals surface area (Å²) in [7, 11) is 1.95. The molecule has 0 unspecified atom stereocenters. The standard InChI is InChI=1S/C17H25F3N2/c1-21-10-4-5-11-22-12-8-14(9-13-22)15-6-2-3-7-16(15)17(18,19)20/h2-3,6-7,14,21H,4-5,8-13H2,1H3. The Balaban J connectivity index is 1.90. The van der Waals surface area contributed by atoms with Crippen molar-refractivity contribution in [2.45, 2.75) is 37.8 Å². The lowest BCUT2D eigenvalue weighted by Gasteiger charge is -2.33. The van der Waals surface area contributed by atoms with Crippen molar-refractivity contribution in [2.24, 2.45) is 0 Å². The minimum Gasteiger partial charge on any atom is -0.320 e. The second kappa shape index (κ2) is 7.97. The van der Waals surface area contributed by atoms with Crippen LogP contribution in [0.25, 0.3) is 0 Å². The highest BCUT2D eigenvalue weighted by Crippen LogP contribution is 2.38. The van der Waals surface area contributed by atoms with Gasteiger partial charge in [-0.05, 0) is 76.5 Å². The molecule has 5 heteroatoms. The Bertz CT molecular complexity index is 451. The van der Waals surface area contributed by atoms with Crippen molar-refractivity contribution in [1.29, 1.82) is 0 Å². The van der Waals surface area contributed by atoms with Gasteiger partial charge in [0.1, 0.15) is 0 Å². The number of nitrogens with one attached hydrogen (secondary N) is 1. The van der Waals surface area contributed by atoms with E-state index in [9.17, 15) is 13.2 Å². The van der Waals surface area contributed by atoms with Crippen LogP contribution in [0.4, 0.5) is 13.2 Å². The van der Waals surface area contributed by atoms with Gasteiger partial charge in [-0.3, -0.25) is 0 Å². The van der Waals surface area contributed by atoms with E-state index in [1.165, 1.54) is 12.1 Å². The number of halogens is 3. The van der Waals surface area contributed by atoms with Gasteiger partial charge in [0.15, 0.2) is 0 Å². The Morgan fingerprint density at radius 2 is 1.82 bits per heavy atom. The summed E-state index contributed by atoms with van der Waals surface area (Å²) in [6.45, 7) is 3.87.